The Labute approximate surface area is 188 Å². The van der Waals surface area contributed by atoms with E-state index in [1.807, 2.05) is 38.1 Å². The van der Waals surface area contributed by atoms with Crippen LogP contribution in [0, 0.1) is 13.8 Å². The second-order valence-corrected chi connectivity index (χ2v) is 8.23. The van der Waals surface area contributed by atoms with Gasteiger partial charge in [0.1, 0.15) is 24.6 Å². The number of nitrogens with zero attached hydrogens (tertiary/aromatic N) is 4. The van der Waals surface area contributed by atoms with Crippen LogP contribution in [0.2, 0.25) is 0 Å². The molecule has 5 rings (SSSR count). The molecule has 2 aromatic carbocycles. The molecule has 10 heteroatoms. The molecule has 9 nitrogen and oxygen atoms in total. The lowest BCUT2D eigenvalue weighted by Gasteiger charge is -2.19. The molecule has 0 fully saturated rings. The standard InChI is InChI=1S/C22H20N6O3S/c1-13-14(2)25-21-23-12-24-28(21)20(13)32-17-6-3-15(4-7-17)26-22(29)27-16-5-8-18-19(11-16)31-10-9-30-18/h3-8,11-12H,9-10H2,1-2H3,(H2,26,27,29). The third kappa shape index (κ3) is 4.04. The Morgan fingerprint density at radius 2 is 1.72 bits per heavy atom. The van der Waals surface area contributed by atoms with E-state index in [-0.39, 0.29) is 6.03 Å². The van der Waals surface area contributed by atoms with E-state index in [1.54, 1.807) is 34.5 Å². The largest absolute Gasteiger partial charge is 0.486 e. The van der Waals surface area contributed by atoms with Gasteiger partial charge in [-0.1, -0.05) is 11.8 Å². The van der Waals surface area contributed by atoms with Crippen molar-refractivity contribution in [2.24, 2.45) is 0 Å². The number of rotatable bonds is 4. The van der Waals surface area contributed by atoms with Crippen LogP contribution < -0.4 is 20.1 Å². The first-order valence-electron chi connectivity index (χ1n) is 9.99. The van der Waals surface area contributed by atoms with E-state index in [2.05, 4.69) is 25.7 Å². The van der Waals surface area contributed by atoms with Crippen LogP contribution in [0.1, 0.15) is 11.3 Å². The van der Waals surface area contributed by atoms with Gasteiger partial charge in [0.05, 0.1) is 0 Å². The number of nitrogens with one attached hydrogen (secondary N) is 2. The van der Waals surface area contributed by atoms with E-state index in [1.165, 1.54) is 6.33 Å². The molecule has 0 atom stereocenters. The van der Waals surface area contributed by atoms with Gasteiger partial charge in [0.2, 0.25) is 0 Å². The predicted octanol–water partition coefficient (Wildman–Crippen LogP) is 4.31. The number of ether oxygens (including phenoxy) is 2. The van der Waals surface area contributed by atoms with E-state index >= 15 is 0 Å². The lowest BCUT2D eigenvalue weighted by molar-refractivity contribution is 0.171. The summed E-state index contributed by atoms with van der Waals surface area (Å²) in [5.41, 5.74) is 3.27. The molecule has 2 N–H and O–H groups in total. The highest BCUT2D eigenvalue weighted by atomic mass is 32.2. The van der Waals surface area contributed by atoms with Crippen molar-refractivity contribution >= 4 is 34.9 Å². The molecule has 4 aromatic rings. The fourth-order valence-electron chi connectivity index (χ4n) is 3.25. The van der Waals surface area contributed by atoms with Gasteiger partial charge in [0.25, 0.3) is 5.78 Å². The van der Waals surface area contributed by atoms with Crippen LogP contribution in [-0.2, 0) is 0 Å². The number of aromatic nitrogens is 4. The summed E-state index contributed by atoms with van der Waals surface area (Å²) in [6.45, 7) is 5.00. The molecule has 0 aliphatic carbocycles. The number of hydrogen-bond acceptors (Lipinski definition) is 7. The van der Waals surface area contributed by atoms with Crippen molar-refractivity contribution in [3.8, 4) is 11.5 Å². The van der Waals surface area contributed by atoms with E-state index in [9.17, 15) is 4.79 Å². The summed E-state index contributed by atoms with van der Waals surface area (Å²) < 4.78 is 12.8. The van der Waals surface area contributed by atoms with E-state index in [0.29, 0.717) is 41.9 Å². The Morgan fingerprint density at radius 1 is 1.00 bits per heavy atom. The van der Waals surface area contributed by atoms with Crippen molar-refractivity contribution in [2.45, 2.75) is 23.8 Å². The first-order valence-corrected chi connectivity index (χ1v) is 10.8. The number of anilines is 2. The van der Waals surface area contributed by atoms with Crippen LogP contribution >= 0.6 is 11.8 Å². The highest BCUT2D eigenvalue weighted by molar-refractivity contribution is 7.99. The molecule has 1 aliphatic heterocycles. The molecule has 1 aliphatic rings. The molecule has 0 unspecified atom stereocenters. The van der Waals surface area contributed by atoms with Crippen molar-refractivity contribution in [2.75, 3.05) is 23.8 Å². The Kier molecular flexibility index (Phi) is 5.28. The predicted molar refractivity (Wildman–Crippen MR) is 121 cm³/mol. The Balaban J connectivity index is 1.26. The molecule has 0 saturated carbocycles. The minimum Gasteiger partial charge on any atom is -0.486 e. The smallest absolute Gasteiger partial charge is 0.323 e. The van der Waals surface area contributed by atoms with Crippen LogP contribution in [0.5, 0.6) is 11.5 Å². The number of carbonyl (C=O) groups is 1. The van der Waals surface area contributed by atoms with Gasteiger partial charge in [-0.3, -0.25) is 0 Å². The average Bonchev–Trinajstić information content (AvgIpc) is 3.26. The first-order chi connectivity index (χ1) is 15.6. The molecule has 0 spiro atoms. The summed E-state index contributed by atoms with van der Waals surface area (Å²) in [6.07, 6.45) is 1.50. The topological polar surface area (TPSA) is 103 Å². The fourth-order valence-corrected chi connectivity index (χ4v) is 4.27. The van der Waals surface area contributed by atoms with Gasteiger partial charge in [0.15, 0.2) is 11.5 Å². The van der Waals surface area contributed by atoms with Crippen molar-refractivity contribution in [1.29, 1.82) is 0 Å². The molecular weight excluding hydrogens is 428 g/mol. The van der Waals surface area contributed by atoms with Crippen LogP contribution in [-0.4, -0.2) is 38.8 Å². The maximum atomic E-state index is 12.4. The van der Waals surface area contributed by atoms with Crippen LogP contribution in [0.15, 0.2) is 58.7 Å². The number of fused-ring (bicyclic) bond motifs is 2. The Hall–Kier alpha value is -3.79. The summed E-state index contributed by atoms with van der Waals surface area (Å²) >= 11 is 1.57. The monoisotopic (exact) mass is 448 g/mol. The Morgan fingerprint density at radius 3 is 2.53 bits per heavy atom. The highest BCUT2D eigenvalue weighted by Crippen LogP contribution is 2.33. The zero-order valence-corrected chi connectivity index (χ0v) is 18.3. The minimum absolute atomic E-state index is 0.341. The zero-order chi connectivity index (χ0) is 22.1. The number of urea groups is 1. The summed E-state index contributed by atoms with van der Waals surface area (Å²) in [7, 11) is 0. The van der Waals surface area contributed by atoms with Gasteiger partial charge in [-0.2, -0.15) is 14.6 Å². The van der Waals surface area contributed by atoms with Crippen molar-refractivity contribution < 1.29 is 14.3 Å². The minimum atomic E-state index is -0.341. The average molecular weight is 449 g/mol. The highest BCUT2D eigenvalue weighted by Gasteiger charge is 2.14. The third-order valence-electron chi connectivity index (χ3n) is 4.98. The van der Waals surface area contributed by atoms with E-state index in [0.717, 1.165) is 21.2 Å². The zero-order valence-electron chi connectivity index (χ0n) is 17.5. The van der Waals surface area contributed by atoms with Gasteiger partial charge in [0, 0.05) is 33.6 Å². The SMILES string of the molecule is Cc1nc2ncnn2c(Sc2ccc(NC(=O)Nc3ccc4c(c3)OCCO4)cc2)c1C. The molecule has 2 aromatic heterocycles. The number of aryl methyl sites for hydroxylation is 1. The summed E-state index contributed by atoms with van der Waals surface area (Å²) in [5, 5.41) is 10.9. The van der Waals surface area contributed by atoms with Gasteiger partial charge < -0.3 is 20.1 Å². The number of hydrogen-bond donors (Lipinski definition) is 2. The van der Waals surface area contributed by atoms with Crippen LogP contribution in [0.3, 0.4) is 0 Å². The molecule has 162 valence electrons. The number of amides is 2. The molecule has 3 heterocycles. The normalized spacial score (nSPS) is 12.6. The van der Waals surface area contributed by atoms with Gasteiger partial charge in [-0.15, -0.1) is 0 Å². The lowest BCUT2D eigenvalue weighted by atomic mass is 10.2. The quantitative estimate of drug-likeness (QED) is 0.449. The third-order valence-corrected chi connectivity index (χ3v) is 6.16. The molecule has 0 bridgehead atoms. The maximum Gasteiger partial charge on any atom is 0.323 e. The van der Waals surface area contributed by atoms with Gasteiger partial charge >= 0.3 is 6.03 Å². The molecule has 2 amide bonds. The van der Waals surface area contributed by atoms with Gasteiger partial charge in [-0.05, 0) is 50.2 Å². The number of benzene rings is 2. The first kappa shape index (κ1) is 20.1. The van der Waals surface area contributed by atoms with Gasteiger partial charge in [-0.25, -0.2) is 9.78 Å². The Bertz CT molecular complexity index is 1310. The summed E-state index contributed by atoms with van der Waals surface area (Å²) in [4.78, 5) is 22.0. The van der Waals surface area contributed by atoms with E-state index in [4.69, 9.17) is 9.47 Å². The van der Waals surface area contributed by atoms with Crippen molar-refractivity contribution in [1.82, 2.24) is 19.6 Å². The van der Waals surface area contributed by atoms with Crippen molar-refractivity contribution in [3.63, 3.8) is 0 Å². The maximum absolute atomic E-state index is 12.4. The van der Waals surface area contributed by atoms with Crippen LogP contribution in [0.25, 0.3) is 5.78 Å². The second kappa shape index (κ2) is 8.39. The van der Waals surface area contributed by atoms with Crippen LogP contribution in [0.4, 0.5) is 16.2 Å². The fraction of sp³-hybridized carbons (Fsp3) is 0.182. The molecule has 0 radical (unpaired) electrons. The second-order valence-electron chi connectivity index (χ2n) is 7.16. The summed E-state index contributed by atoms with van der Waals surface area (Å²) in [6, 6.07) is 12.6. The number of carbonyl (C=O) groups excluding carboxylic acids is 1. The summed E-state index contributed by atoms with van der Waals surface area (Å²) in [5.74, 6) is 1.88. The molecule has 0 saturated heterocycles. The van der Waals surface area contributed by atoms with E-state index < -0.39 is 0 Å². The van der Waals surface area contributed by atoms with Crippen molar-refractivity contribution in [3.05, 3.63) is 60.0 Å². The molecular formula is C22H20N6O3S. The molecule has 32 heavy (non-hydrogen) atoms. The lowest BCUT2D eigenvalue weighted by Crippen LogP contribution is -2.20.